The van der Waals surface area contributed by atoms with Gasteiger partial charge in [0.25, 0.3) is 0 Å². The van der Waals surface area contributed by atoms with Crippen molar-refractivity contribution in [2.24, 2.45) is 0 Å². The molecule has 2 fully saturated rings. The largest absolute Gasteiger partial charge is 0.457 e. The van der Waals surface area contributed by atoms with Crippen molar-refractivity contribution in [3.05, 3.63) is 35.9 Å². The number of benzene rings is 1. The molecule has 7 nitrogen and oxygen atoms in total. The first kappa shape index (κ1) is 22.2. The van der Waals surface area contributed by atoms with Crippen LogP contribution in [0.1, 0.15) is 69.5 Å². The topological polar surface area (TPSA) is 116 Å². The highest BCUT2D eigenvalue weighted by Gasteiger charge is 2.45. The Bertz CT molecular complexity index is 652. The fourth-order valence-corrected chi connectivity index (χ4v) is 4.12. The maximum atomic E-state index is 12.6. The van der Waals surface area contributed by atoms with Crippen molar-refractivity contribution in [1.29, 1.82) is 0 Å². The van der Waals surface area contributed by atoms with Gasteiger partial charge in [0.1, 0.15) is 18.6 Å². The normalized spacial score (nSPS) is 37.8. The Kier molecular flexibility index (Phi) is 7.65. The summed E-state index contributed by atoms with van der Waals surface area (Å²) in [7, 11) is 0. The van der Waals surface area contributed by atoms with Gasteiger partial charge in [0.05, 0.1) is 18.3 Å². The summed E-state index contributed by atoms with van der Waals surface area (Å²) in [6.45, 7) is 0. The smallest absolute Gasteiger partial charge is 0.311 e. The van der Waals surface area contributed by atoms with E-state index < -0.39 is 42.6 Å². The number of carbonyl (C=O) groups is 1. The fourth-order valence-electron chi connectivity index (χ4n) is 4.12. The Balaban J connectivity index is 1.78. The average Bonchev–Trinajstić information content (AvgIpc) is 2.70. The minimum atomic E-state index is -1.99. The van der Waals surface area contributed by atoms with Crippen LogP contribution in [0, 0.1) is 0 Å². The molecule has 2 bridgehead atoms. The Morgan fingerprint density at radius 3 is 2.10 bits per heavy atom. The third kappa shape index (κ3) is 6.23. The number of aliphatic hydroxyl groups is 4. The molecule has 2 aliphatic rings. The van der Waals surface area contributed by atoms with Crippen molar-refractivity contribution in [2.45, 2.75) is 94.1 Å². The molecular weight excluding hydrogens is 376 g/mol. The summed E-state index contributed by atoms with van der Waals surface area (Å²) in [6.07, 6.45) is -0.144. The van der Waals surface area contributed by atoms with Gasteiger partial charge < -0.3 is 29.9 Å². The third-order valence-electron chi connectivity index (χ3n) is 5.91. The first-order valence-electron chi connectivity index (χ1n) is 10.5. The number of cyclic esters (lactones) is 1. The fraction of sp³-hybridized carbons (Fsp3) is 0.682. The van der Waals surface area contributed by atoms with E-state index in [1.165, 1.54) is 0 Å². The van der Waals surface area contributed by atoms with Crippen molar-refractivity contribution in [2.75, 3.05) is 0 Å². The Morgan fingerprint density at radius 1 is 0.828 bits per heavy atom. The molecule has 0 aromatic heterocycles. The number of esters is 1. The van der Waals surface area contributed by atoms with Crippen LogP contribution in [0.3, 0.4) is 0 Å². The summed E-state index contributed by atoms with van der Waals surface area (Å²) in [5.41, 5.74) is 0.798. The monoisotopic (exact) mass is 408 g/mol. The molecular formula is C22H32O7. The minimum absolute atomic E-state index is 0.311. The van der Waals surface area contributed by atoms with E-state index in [-0.39, 0.29) is 6.10 Å². The Hall–Kier alpha value is -1.51. The summed E-state index contributed by atoms with van der Waals surface area (Å²) >= 11 is 0. The first-order chi connectivity index (χ1) is 13.9. The van der Waals surface area contributed by atoms with Gasteiger partial charge in [-0.15, -0.1) is 0 Å². The molecule has 162 valence electrons. The number of carbonyl (C=O) groups excluding carboxylic acids is 1. The molecule has 2 heterocycles. The van der Waals surface area contributed by atoms with Gasteiger partial charge in [-0.3, -0.25) is 4.79 Å². The van der Waals surface area contributed by atoms with Crippen molar-refractivity contribution in [1.82, 2.24) is 0 Å². The Labute approximate surface area is 171 Å². The zero-order chi connectivity index (χ0) is 20.9. The zero-order valence-electron chi connectivity index (χ0n) is 16.7. The lowest BCUT2D eigenvalue weighted by molar-refractivity contribution is -0.302. The number of ether oxygens (including phenoxy) is 2. The van der Waals surface area contributed by atoms with Gasteiger partial charge in [-0.05, 0) is 56.9 Å². The van der Waals surface area contributed by atoms with E-state index >= 15 is 0 Å². The van der Waals surface area contributed by atoms with Crippen molar-refractivity contribution in [3.63, 3.8) is 0 Å². The molecule has 2 aliphatic heterocycles. The summed E-state index contributed by atoms with van der Waals surface area (Å²) < 4.78 is 11.3. The van der Waals surface area contributed by atoms with Gasteiger partial charge in [0.15, 0.2) is 0 Å². The van der Waals surface area contributed by atoms with E-state index in [0.717, 1.165) is 5.56 Å². The molecule has 7 heteroatoms. The predicted octanol–water partition coefficient (Wildman–Crippen LogP) is 1.97. The number of aliphatic hydroxyl groups excluding tert-OH is 3. The second kappa shape index (κ2) is 10.00. The van der Waals surface area contributed by atoms with Crippen molar-refractivity contribution < 1.29 is 34.7 Å². The summed E-state index contributed by atoms with van der Waals surface area (Å²) in [4.78, 5) is 12.6. The highest BCUT2D eigenvalue weighted by molar-refractivity contribution is 5.71. The lowest BCUT2D eigenvalue weighted by Crippen LogP contribution is -2.52. The highest BCUT2D eigenvalue weighted by Crippen LogP contribution is 2.34. The van der Waals surface area contributed by atoms with E-state index in [1.54, 1.807) is 0 Å². The molecule has 0 amide bonds. The van der Waals surface area contributed by atoms with Gasteiger partial charge in [-0.25, -0.2) is 0 Å². The van der Waals surface area contributed by atoms with Crippen LogP contribution in [0.15, 0.2) is 30.3 Å². The summed E-state index contributed by atoms with van der Waals surface area (Å²) in [5, 5.41) is 41.6. The lowest BCUT2D eigenvalue weighted by atomic mass is 9.92. The summed E-state index contributed by atoms with van der Waals surface area (Å²) in [6, 6.07) is 9.25. The maximum absolute atomic E-state index is 12.6. The van der Waals surface area contributed by atoms with Crippen molar-refractivity contribution in [3.8, 4) is 0 Å². The molecule has 0 aliphatic carbocycles. The number of fused-ring (bicyclic) bond motifs is 2. The van der Waals surface area contributed by atoms with Gasteiger partial charge >= 0.3 is 5.97 Å². The van der Waals surface area contributed by atoms with Crippen LogP contribution in [-0.2, 0) is 14.3 Å². The molecule has 3 rings (SSSR count). The molecule has 6 atom stereocenters. The van der Waals surface area contributed by atoms with Crippen LogP contribution in [-0.4, -0.2) is 56.6 Å². The van der Waals surface area contributed by atoms with E-state index in [4.69, 9.17) is 9.47 Å². The number of hydrogen-bond acceptors (Lipinski definition) is 7. The lowest BCUT2D eigenvalue weighted by Gasteiger charge is -2.40. The number of rotatable bonds is 1. The van der Waals surface area contributed by atoms with Crippen LogP contribution < -0.4 is 0 Å². The molecule has 4 N–H and O–H groups in total. The molecule has 1 aromatic rings. The van der Waals surface area contributed by atoms with Crippen LogP contribution >= 0.6 is 0 Å². The first-order valence-corrected chi connectivity index (χ1v) is 10.5. The standard InChI is InChI=1S/C22H32O7/c23-16-6-7-17(24)9-12-19(15-4-2-1-3-5-15)28-21(26)14-22(27)20(25)13-11-18(29-22)10-8-16/h1-5,16-20,23-25,27H,6-14H2. The van der Waals surface area contributed by atoms with Gasteiger partial charge in [-0.1, -0.05) is 30.3 Å². The van der Waals surface area contributed by atoms with E-state index in [0.29, 0.717) is 51.4 Å². The van der Waals surface area contributed by atoms with E-state index in [9.17, 15) is 25.2 Å². The molecule has 0 spiro atoms. The molecule has 29 heavy (non-hydrogen) atoms. The van der Waals surface area contributed by atoms with Crippen LogP contribution in [0.2, 0.25) is 0 Å². The predicted molar refractivity (Wildman–Crippen MR) is 105 cm³/mol. The van der Waals surface area contributed by atoms with Gasteiger partial charge in [0, 0.05) is 0 Å². The minimum Gasteiger partial charge on any atom is -0.457 e. The highest BCUT2D eigenvalue weighted by atomic mass is 16.6. The van der Waals surface area contributed by atoms with E-state index in [1.807, 2.05) is 30.3 Å². The maximum Gasteiger partial charge on any atom is 0.311 e. The van der Waals surface area contributed by atoms with Crippen LogP contribution in [0.25, 0.3) is 0 Å². The van der Waals surface area contributed by atoms with Gasteiger partial charge in [-0.2, -0.15) is 0 Å². The Morgan fingerprint density at radius 2 is 1.41 bits per heavy atom. The van der Waals surface area contributed by atoms with Crippen LogP contribution in [0.4, 0.5) is 0 Å². The average molecular weight is 408 g/mol. The second-order valence-electron chi connectivity index (χ2n) is 8.28. The summed E-state index contributed by atoms with van der Waals surface area (Å²) in [5.74, 6) is -2.66. The molecule has 6 unspecified atom stereocenters. The SMILES string of the molecule is O=C1CC2(O)OC(CCC(O)CCC(O)CCC(c3ccccc3)O1)CCC2O. The molecule has 0 saturated carbocycles. The molecule has 0 radical (unpaired) electrons. The molecule has 1 aromatic carbocycles. The number of hydrogen-bond donors (Lipinski definition) is 4. The quantitative estimate of drug-likeness (QED) is 0.525. The van der Waals surface area contributed by atoms with Gasteiger partial charge in [0.2, 0.25) is 5.79 Å². The zero-order valence-corrected chi connectivity index (χ0v) is 16.7. The van der Waals surface area contributed by atoms with Crippen LogP contribution in [0.5, 0.6) is 0 Å². The van der Waals surface area contributed by atoms with E-state index in [2.05, 4.69) is 0 Å². The second-order valence-corrected chi connectivity index (χ2v) is 8.28. The third-order valence-corrected chi connectivity index (χ3v) is 5.91. The molecule has 2 saturated heterocycles. The van der Waals surface area contributed by atoms with Crippen molar-refractivity contribution >= 4 is 5.97 Å².